The number of esters is 1. The Bertz CT molecular complexity index is 862. The van der Waals surface area contributed by atoms with E-state index in [1.165, 1.54) is 51.4 Å². The van der Waals surface area contributed by atoms with Crippen molar-refractivity contribution in [3.05, 3.63) is 0 Å². The summed E-state index contributed by atoms with van der Waals surface area (Å²) in [6.45, 7) is 15.3. The Morgan fingerprint density at radius 1 is 0.841 bits per heavy atom. The van der Waals surface area contributed by atoms with Gasteiger partial charge in [0.1, 0.15) is 6.61 Å². The quantitative estimate of drug-likeness (QED) is 0.102. The molecule has 8 nitrogen and oxygen atoms in total. The zero-order chi connectivity index (χ0) is 32.4. The maximum absolute atomic E-state index is 12.6. The predicted molar refractivity (Wildman–Crippen MR) is 177 cm³/mol. The summed E-state index contributed by atoms with van der Waals surface area (Å²) in [5.74, 6) is -1.87. The van der Waals surface area contributed by atoms with Crippen LogP contribution in [0.4, 0.5) is 0 Å². The molecule has 258 valence electrons. The summed E-state index contributed by atoms with van der Waals surface area (Å²) in [5.41, 5.74) is -0.717. The third-order valence-corrected chi connectivity index (χ3v) is 16.8. The van der Waals surface area contributed by atoms with Gasteiger partial charge in [0, 0.05) is 12.3 Å². The molecule has 5 rings (SSSR count). The first-order valence-electron chi connectivity index (χ1n) is 18.1. The Labute approximate surface area is 268 Å². The second-order valence-electron chi connectivity index (χ2n) is 14.6. The van der Waals surface area contributed by atoms with E-state index < -0.39 is 43.0 Å². The molecule has 4 saturated heterocycles. The molecule has 0 aromatic rings. The summed E-state index contributed by atoms with van der Waals surface area (Å²) in [5, 5.41) is 8.74. The molecule has 0 radical (unpaired) electrons. The zero-order valence-electron chi connectivity index (χ0n) is 29.0. The number of unbranched alkanes of at least 4 members (excludes halogenated alkanes) is 4. The predicted octanol–water partition coefficient (Wildman–Crippen LogP) is 8.19. The largest absolute Gasteiger partial charge is 0.481 e. The van der Waals surface area contributed by atoms with Crippen molar-refractivity contribution in [2.75, 3.05) is 31.3 Å². The number of carbonyl (C=O) groups is 2. The number of fused-ring (bicyclic) bond motifs is 2. The molecule has 1 aliphatic carbocycles. The van der Waals surface area contributed by atoms with Crippen LogP contribution in [0.1, 0.15) is 132 Å². The van der Waals surface area contributed by atoms with Gasteiger partial charge in [-0.3, -0.25) is 4.79 Å². The monoisotopic (exact) mass is 644 g/mol. The number of hydrogen-bond acceptors (Lipinski definition) is 7. The molecule has 1 saturated carbocycles. The van der Waals surface area contributed by atoms with E-state index in [9.17, 15) is 9.59 Å². The maximum atomic E-state index is 12.6. The Morgan fingerprint density at radius 3 is 1.93 bits per heavy atom. The average molecular weight is 645 g/mol. The van der Waals surface area contributed by atoms with Crippen LogP contribution in [0.3, 0.4) is 0 Å². The number of hydrogen-bond donors (Lipinski definition) is 1. The van der Waals surface area contributed by atoms with Crippen LogP contribution in [-0.4, -0.2) is 72.1 Å². The number of carbonyl (C=O) groups excluding carboxylic acids is 1. The van der Waals surface area contributed by atoms with Crippen molar-refractivity contribution in [1.29, 1.82) is 0 Å². The molecule has 5 fully saturated rings. The Kier molecular flexibility index (Phi) is 14.9. The van der Waals surface area contributed by atoms with Crippen LogP contribution in [-0.2, 0) is 33.6 Å². The summed E-state index contributed by atoms with van der Waals surface area (Å²) >= 11 is 0. The first kappa shape index (κ1) is 37.7. The van der Waals surface area contributed by atoms with Crippen LogP contribution >= 0.6 is 7.26 Å². The van der Waals surface area contributed by atoms with Crippen molar-refractivity contribution in [1.82, 2.24) is 0 Å². The fraction of sp³-hybridized carbons (Fsp3) is 0.943. The van der Waals surface area contributed by atoms with E-state index in [-0.39, 0.29) is 30.8 Å². The van der Waals surface area contributed by atoms with Gasteiger partial charge in [0.05, 0.1) is 6.42 Å². The summed E-state index contributed by atoms with van der Waals surface area (Å²) < 4.78 is 17.5. The molecular weight excluding hydrogens is 579 g/mol. The molecule has 0 aromatic carbocycles. The summed E-state index contributed by atoms with van der Waals surface area (Å²) in [7, 11) is -0.879. The first-order valence-corrected chi connectivity index (χ1v) is 20.9. The van der Waals surface area contributed by atoms with Gasteiger partial charge >= 0.3 is 123 Å². The van der Waals surface area contributed by atoms with Gasteiger partial charge in [-0.2, -0.15) is 0 Å². The molecule has 44 heavy (non-hydrogen) atoms. The smallest absolute Gasteiger partial charge is 0.335 e. The minimum absolute atomic E-state index is 0.0390. The molecule has 2 bridgehead atoms. The molecule has 9 heteroatoms. The van der Waals surface area contributed by atoms with Crippen molar-refractivity contribution in [3.8, 4) is 0 Å². The Balaban J connectivity index is 0.000000271. The molecule has 1 unspecified atom stereocenters. The number of carboxylic acid groups (broad SMARTS) is 1. The fourth-order valence-electron chi connectivity index (χ4n) is 8.45. The average Bonchev–Trinajstić information content (AvgIpc) is 3.24. The molecular formula is C35H65O8P. The van der Waals surface area contributed by atoms with E-state index in [4.69, 9.17) is 29.1 Å². The molecule has 1 N–H and O–H groups in total. The van der Waals surface area contributed by atoms with Gasteiger partial charge in [-0.15, -0.1) is 0 Å². The number of aliphatic carboxylic acids is 1. The first-order chi connectivity index (χ1) is 21.0. The van der Waals surface area contributed by atoms with E-state index in [2.05, 4.69) is 34.6 Å². The SMILES string of the molecule is CCCC[PH](CCCC)(CCCC)CCCC.C[C@H]1[C@H](C(=O)OCCC(=O)O)O[C@@H]2O[C@]3(C)CC[C@H]4[C@H](C)CC[C@@H]1C24OO3. The standard InChI is InChI=1S/C19H28O8.C16H37P/c1-10-4-5-13-11(2)15(16(22)23-9-7-14(20)21)24-17-19(13)12(10)6-8-18(3,25-17)26-27-19;1-5-9-13-17(14-10-6-2,15-11-7-3)16-12-8-4/h10-13,15,17H,4-9H2,1-3H3,(H,20,21);17H,5-16H2,1-4H3/t10-,11-,12+,13+,15-,17-,18+,19?;/m1./s1. The zero-order valence-corrected chi connectivity index (χ0v) is 30.0. The summed E-state index contributed by atoms with van der Waals surface area (Å²) in [6, 6.07) is 0. The van der Waals surface area contributed by atoms with Gasteiger partial charge in [-0.05, 0) is 43.9 Å². The van der Waals surface area contributed by atoms with E-state index in [1.54, 1.807) is 24.6 Å². The second kappa shape index (κ2) is 17.4. The fourth-order valence-corrected chi connectivity index (χ4v) is 14.4. The van der Waals surface area contributed by atoms with Crippen LogP contribution in [0, 0.1) is 23.7 Å². The van der Waals surface area contributed by atoms with Gasteiger partial charge in [0.15, 0.2) is 18.0 Å². The molecule has 1 spiro atoms. The van der Waals surface area contributed by atoms with Crippen molar-refractivity contribution < 1.29 is 38.7 Å². The van der Waals surface area contributed by atoms with Crippen molar-refractivity contribution in [2.45, 2.75) is 156 Å². The van der Waals surface area contributed by atoms with Crippen LogP contribution in [0.5, 0.6) is 0 Å². The number of rotatable bonds is 16. The van der Waals surface area contributed by atoms with Crippen molar-refractivity contribution in [3.63, 3.8) is 0 Å². The molecule has 0 aromatic heterocycles. The molecule has 8 atom stereocenters. The van der Waals surface area contributed by atoms with E-state index >= 15 is 0 Å². The topological polar surface area (TPSA) is 101 Å². The van der Waals surface area contributed by atoms with Crippen LogP contribution in [0.2, 0.25) is 0 Å². The molecule has 5 aliphatic rings. The third-order valence-electron chi connectivity index (χ3n) is 11.2. The normalized spacial score (nSPS) is 34.7. The van der Waals surface area contributed by atoms with Gasteiger partial charge in [0.2, 0.25) is 5.79 Å². The number of ether oxygens (including phenoxy) is 3. The van der Waals surface area contributed by atoms with E-state index in [1.807, 2.05) is 13.8 Å². The van der Waals surface area contributed by atoms with Gasteiger partial charge < -0.3 is 19.3 Å². The number of carboxylic acids is 1. The van der Waals surface area contributed by atoms with E-state index in [0.29, 0.717) is 12.3 Å². The van der Waals surface area contributed by atoms with Gasteiger partial charge in [-0.1, -0.05) is 13.8 Å². The van der Waals surface area contributed by atoms with Gasteiger partial charge in [0.25, 0.3) is 0 Å². The van der Waals surface area contributed by atoms with Gasteiger partial charge in [-0.25, -0.2) is 14.6 Å². The van der Waals surface area contributed by atoms with E-state index in [0.717, 1.165) is 19.3 Å². The molecule has 0 amide bonds. The third kappa shape index (κ3) is 8.97. The van der Waals surface area contributed by atoms with Crippen LogP contribution in [0.25, 0.3) is 0 Å². The van der Waals surface area contributed by atoms with Crippen LogP contribution < -0.4 is 0 Å². The second-order valence-corrected chi connectivity index (χ2v) is 19.6. The molecule has 4 heterocycles. The molecule has 4 aliphatic heterocycles. The summed E-state index contributed by atoms with van der Waals surface area (Å²) in [6.07, 6.45) is 20.0. The minimum atomic E-state index is -1.01. The Hall–Kier alpha value is -0.790. The van der Waals surface area contributed by atoms with Crippen molar-refractivity contribution >= 4 is 19.2 Å². The maximum Gasteiger partial charge on any atom is 0.335 e. The van der Waals surface area contributed by atoms with Crippen molar-refractivity contribution in [2.24, 2.45) is 23.7 Å². The Morgan fingerprint density at radius 2 is 1.41 bits per heavy atom. The summed E-state index contributed by atoms with van der Waals surface area (Å²) in [4.78, 5) is 35.0. The minimum Gasteiger partial charge on any atom is -0.481 e. The van der Waals surface area contributed by atoms with Crippen LogP contribution in [0.15, 0.2) is 0 Å².